The van der Waals surface area contributed by atoms with E-state index in [0.717, 1.165) is 34.4 Å². The number of hydrogen-bond donors (Lipinski definition) is 5. The molecule has 83 heavy (non-hydrogen) atoms. The van der Waals surface area contributed by atoms with Crippen molar-refractivity contribution in [3.8, 4) is 0 Å². The Kier molecular flexibility index (Phi) is 18.8. The molecule has 0 aliphatic carbocycles. The fraction of sp³-hybridized carbons (Fsp3) is 0.207. The number of sulfone groups is 2. The van der Waals surface area contributed by atoms with Gasteiger partial charge in [-0.15, -0.1) is 0 Å². The number of hydrogen-bond acceptors (Lipinski definition) is 13. The number of nitrogens with one attached hydrogen (secondary N) is 1. The minimum atomic E-state index is -3.50. The summed E-state index contributed by atoms with van der Waals surface area (Å²) in [6.07, 6.45) is 6.08. The number of halogens is 4. The molecule has 2 atom stereocenters. The average Bonchev–Trinajstić information content (AvgIpc) is 4.18. The molecule has 8 aromatic rings. The van der Waals surface area contributed by atoms with E-state index in [-0.39, 0.29) is 72.2 Å². The topological polar surface area (TPSA) is 302 Å². The molecule has 0 saturated heterocycles. The quantitative estimate of drug-likeness (QED) is 0.0718. The predicted molar refractivity (Wildman–Crippen MR) is 310 cm³/mol. The summed E-state index contributed by atoms with van der Waals surface area (Å²) in [7, 11) is -6.77. The maximum Gasteiger partial charge on any atom is 0.338 e. The van der Waals surface area contributed by atoms with Crippen LogP contribution in [0.2, 0.25) is 20.1 Å². The van der Waals surface area contributed by atoms with E-state index in [0.29, 0.717) is 77.0 Å². The number of amides is 3. The van der Waals surface area contributed by atoms with Gasteiger partial charge in [0.1, 0.15) is 23.2 Å². The molecule has 4 heterocycles. The van der Waals surface area contributed by atoms with Crippen molar-refractivity contribution < 1.29 is 69.8 Å². The average molecular weight is 1250 g/mol. The molecule has 2 aromatic heterocycles. The molecular formula is C58H50Cl4N4O15S2. The Labute approximate surface area is 494 Å². The van der Waals surface area contributed by atoms with Gasteiger partial charge < -0.3 is 45.0 Å². The highest BCUT2D eigenvalue weighted by molar-refractivity contribution is 7.91. The van der Waals surface area contributed by atoms with E-state index in [9.17, 15) is 55.8 Å². The summed E-state index contributed by atoms with van der Waals surface area (Å²) < 4.78 is 57.1. The molecule has 19 nitrogen and oxygen atoms in total. The highest BCUT2D eigenvalue weighted by Gasteiger charge is 2.31. The number of carbonyl (C=O) groups is 6. The zero-order valence-electron chi connectivity index (χ0n) is 43.9. The number of carboxylic acid groups (broad SMARTS) is 3. The molecule has 2 aliphatic rings. The van der Waals surface area contributed by atoms with Gasteiger partial charge in [0, 0.05) is 67.0 Å². The van der Waals surface area contributed by atoms with Crippen LogP contribution in [0.5, 0.6) is 0 Å². The Hall–Kier alpha value is -7.76. The van der Waals surface area contributed by atoms with Crippen LogP contribution in [0.4, 0.5) is 0 Å². The van der Waals surface area contributed by atoms with Crippen LogP contribution in [0.1, 0.15) is 74.8 Å². The molecule has 2 aliphatic heterocycles. The molecule has 25 heteroatoms. The first-order chi connectivity index (χ1) is 39.2. The van der Waals surface area contributed by atoms with E-state index in [1.54, 1.807) is 76.9 Å². The number of fused-ring (bicyclic) bond motifs is 4. The second-order valence-corrected chi connectivity index (χ2v) is 25.1. The Morgan fingerprint density at radius 1 is 0.590 bits per heavy atom. The number of aromatic carboxylic acids is 1. The number of rotatable bonds is 13. The van der Waals surface area contributed by atoms with Crippen molar-refractivity contribution in [2.45, 2.75) is 60.6 Å². The third-order valence-corrected chi connectivity index (χ3v) is 17.4. The van der Waals surface area contributed by atoms with Crippen LogP contribution in [0, 0.1) is 0 Å². The van der Waals surface area contributed by atoms with Crippen molar-refractivity contribution in [1.82, 2.24) is 15.1 Å². The van der Waals surface area contributed by atoms with Crippen molar-refractivity contribution >= 4 is 124 Å². The van der Waals surface area contributed by atoms with Gasteiger partial charge in [0.15, 0.2) is 19.7 Å². The fourth-order valence-electron chi connectivity index (χ4n) is 9.41. The highest BCUT2D eigenvalue weighted by Crippen LogP contribution is 2.37. The lowest BCUT2D eigenvalue weighted by molar-refractivity contribution is -0.139. The first-order valence-electron chi connectivity index (χ1n) is 25.0. The number of nitrogens with zero attached hydrogens (tertiary/aromatic N) is 2. The molecule has 0 fully saturated rings. The monoisotopic (exact) mass is 1250 g/mol. The van der Waals surface area contributed by atoms with Gasteiger partial charge in [-0.1, -0.05) is 82.8 Å². The molecule has 6 N–H and O–H groups in total. The number of carboxylic acids is 3. The molecule has 0 radical (unpaired) electrons. The van der Waals surface area contributed by atoms with Gasteiger partial charge in [-0.2, -0.15) is 0 Å². The Balaban J connectivity index is 0.000000182. The standard InChI is InChI=1S/C29H24Cl2N2O7S.C19H13Cl2NO4.C10H13NO4S/c1-41(38,39)20-4-2-3-16(11-20)12-23(29(36)37)32-27(34)25-22(30)13-19-15-33(9-7-21(19)26(25)31)28(35)18-6-5-17-8-10-40-24(17)14-18;20-14-7-12-9-22(5-3-13(12)17(21)16(14)19(24)25)18(23)11-2-1-10-4-6-26-15(10)8-11;1-16(14,15)8-4-2-3-7(5-8)6-9(11)10(12)13/h2-6,8,10-11,13-14,23H,7,9,12,15H2,1H3,(H,32,34)(H,36,37);1-2,4,6-8H,3,5,9H2,(H,24,25);2-5,9H,6,11H2,1H3,(H,12,13)/t23-;;9-/m0.0/s1. The van der Waals surface area contributed by atoms with Gasteiger partial charge in [-0.25, -0.2) is 26.4 Å². The third-order valence-electron chi connectivity index (χ3n) is 13.7. The highest BCUT2D eigenvalue weighted by atomic mass is 35.5. The molecule has 0 bridgehead atoms. The lowest BCUT2D eigenvalue weighted by Gasteiger charge is -2.30. The van der Waals surface area contributed by atoms with Crippen LogP contribution in [0.25, 0.3) is 21.9 Å². The number of carbonyl (C=O) groups excluding carboxylic acids is 3. The predicted octanol–water partition coefficient (Wildman–Crippen LogP) is 9.45. The number of aliphatic carboxylic acids is 2. The summed E-state index contributed by atoms with van der Waals surface area (Å²) in [5.74, 6) is -4.66. The van der Waals surface area contributed by atoms with E-state index in [1.165, 1.54) is 30.3 Å². The number of benzene rings is 6. The number of furan rings is 2. The van der Waals surface area contributed by atoms with Crippen molar-refractivity contribution in [3.05, 3.63) is 197 Å². The van der Waals surface area contributed by atoms with Gasteiger partial charge in [-0.3, -0.25) is 19.2 Å². The van der Waals surface area contributed by atoms with Gasteiger partial charge in [-0.05, 0) is 125 Å². The first kappa shape index (κ1) is 61.3. The lowest BCUT2D eigenvalue weighted by atomic mass is 9.95. The maximum atomic E-state index is 13.2. The van der Waals surface area contributed by atoms with E-state index < -0.39 is 55.6 Å². The van der Waals surface area contributed by atoms with Crippen molar-refractivity contribution in [1.29, 1.82) is 0 Å². The van der Waals surface area contributed by atoms with E-state index in [2.05, 4.69) is 5.32 Å². The van der Waals surface area contributed by atoms with Crippen LogP contribution in [-0.2, 0) is 68.0 Å². The Morgan fingerprint density at radius 3 is 1.47 bits per heavy atom. The maximum absolute atomic E-state index is 13.2. The molecule has 6 aromatic carbocycles. The minimum absolute atomic E-state index is 0.0146. The normalized spacial score (nSPS) is 13.8. The molecular weight excluding hydrogens is 1200 g/mol. The van der Waals surface area contributed by atoms with E-state index in [4.69, 9.17) is 66.1 Å². The van der Waals surface area contributed by atoms with E-state index >= 15 is 0 Å². The van der Waals surface area contributed by atoms with Gasteiger partial charge in [0.25, 0.3) is 17.7 Å². The van der Waals surface area contributed by atoms with Crippen molar-refractivity contribution in [2.24, 2.45) is 5.73 Å². The van der Waals surface area contributed by atoms with Gasteiger partial charge >= 0.3 is 17.9 Å². The summed E-state index contributed by atoms with van der Waals surface area (Å²) in [5.41, 5.74) is 11.3. The van der Waals surface area contributed by atoms with Crippen LogP contribution in [0.3, 0.4) is 0 Å². The van der Waals surface area contributed by atoms with Gasteiger partial charge in [0.2, 0.25) is 0 Å². The van der Waals surface area contributed by atoms with Crippen molar-refractivity contribution in [2.75, 3.05) is 25.6 Å². The molecule has 10 rings (SSSR count). The molecule has 432 valence electrons. The lowest BCUT2D eigenvalue weighted by Crippen LogP contribution is -2.42. The van der Waals surface area contributed by atoms with Gasteiger partial charge in [0.05, 0.1) is 53.5 Å². The molecule has 0 unspecified atom stereocenters. The minimum Gasteiger partial charge on any atom is -0.480 e. The zero-order valence-corrected chi connectivity index (χ0v) is 48.6. The fourth-order valence-corrected chi connectivity index (χ4v) is 12.3. The summed E-state index contributed by atoms with van der Waals surface area (Å²) in [5, 5.41) is 32.3. The zero-order chi connectivity index (χ0) is 60.2. The molecule has 3 amide bonds. The molecule has 0 saturated carbocycles. The van der Waals surface area contributed by atoms with Crippen molar-refractivity contribution in [3.63, 3.8) is 0 Å². The Morgan fingerprint density at radius 2 is 1.04 bits per heavy atom. The van der Waals surface area contributed by atoms with Crippen LogP contribution < -0.4 is 11.1 Å². The SMILES string of the molecule is CS(=O)(=O)c1cccc(C[C@H](N)C(=O)O)c1.CS(=O)(=O)c1cccc(C[C@H](NC(=O)c2c(Cl)cc3c(c2Cl)CCN(C(=O)c2ccc4ccoc4c2)C3)C(=O)O)c1.O=C(O)c1c(Cl)cc2c(c1Cl)CCN(C(=O)c1ccc3ccoc3c1)C2. The van der Waals surface area contributed by atoms with E-state index in [1.807, 2.05) is 24.3 Å². The summed E-state index contributed by atoms with van der Waals surface area (Å²) >= 11 is 25.4. The van der Waals surface area contributed by atoms with Crippen LogP contribution in [0.15, 0.2) is 140 Å². The summed E-state index contributed by atoms with van der Waals surface area (Å²) in [6.45, 7) is 1.34. The summed E-state index contributed by atoms with van der Waals surface area (Å²) in [6, 6.07) is 27.0. The van der Waals surface area contributed by atoms with Crippen LogP contribution >= 0.6 is 46.4 Å². The molecule has 0 spiro atoms. The summed E-state index contributed by atoms with van der Waals surface area (Å²) in [4.78, 5) is 76.7. The second-order valence-electron chi connectivity index (χ2n) is 19.5. The smallest absolute Gasteiger partial charge is 0.338 e. The van der Waals surface area contributed by atoms with Crippen LogP contribution in [-0.4, -0.2) is 115 Å². The second kappa shape index (κ2) is 25.4. The largest absolute Gasteiger partial charge is 0.480 e. The number of nitrogens with two attached hydrogens (primary N) is 1. The third kappa shape index (κ3) is 14.4. The Bertz CT molecular complexity index is 4150. The first-order valence-corrected chi connectivity index (χ1v) is 30.3.